The van der Waals surface area contributed by atoms with Gasteiger partial charge in [-0.15, -0.1) is 0 Å². The topological polar surface area (TPSA) is 74.2 Å². The third kappa shape index (κ3) is 4.96. The third-order valence-electron chi connectivity index (χ3n) is 6.90. The van der Waals surface area contributed by atoms with E-state index in [0.29, 0.717) is 12.2 Å². The van der Waals surface area contributed by atoms with Crippen molar-refractivity contribution < 1.29 is 28.8 Å². The van der Waals surface area contributed by atoms with Gasteiger partial charge in [0.2, 0.25) is 0 Å². The van der Waals surface area contributed by atoms with Crippen molar-refractivity contribution in [2.75, 3.05) is 13.7 Å². The maximum Gasteiger partial charge on any atom is 0.309 e. The van der Waals surface area contributed by atoms with Gasteiger partial charge in [0, 0.05) is 11.5 Å². The van der Waals surface area contributed by atoms with Crippen molar-refractivity contribution in [3.8, 4) is 17.2 Å². The van der Waals surface area contributed by atoms with Crippen LogP contribution in [0.2, 0.25) is 0 Å². The number of benzene rings is 2. The van der Waals surface area contributed by atoms with Gasteiger partial charge >= 0.3 is 5.97 Å². The normalized spacial score (nSPS) is 25.3. The molecule has 1 fully saturated rings. The molecule has 0 amide bonds. The van der Waals surface area contributed by atoms with Crippen LogP contribution in [0.15, 0.2) is 42.5 Å². The second-order valence-electron chi connectivity index (χ2n) is 9.55. The average molecular weight is 455 g/mol. The van der Waals surface area contributed by atoms with Crippen LogP contribution in [0.25, 0.3) is 0 Å². The van der Waals surface area contributed by atoms with Gasteiger partial charge in [-0.05, 0) is 75.1 Å². The molecule has 2 aromatic rings. The van der Waals surface area contributed by atoms with E-state index in [0.717, 1.165) is 36.3 Å². The van der Waals surface area contributed by atoms with Gasteiger partial charge in [0.15, 0.2) is 0 Å². The smallest absolute Gasteiger partial charge is 0.309 e. The number of carboxylic acids is 1. The average Bonchev–Trinajstić information content (AvgIpc) is 2.81. The van der Waals surface area contributed by atoms with E-state index in [1.165, 1.54) is 5.56 Å². The molecule has 33 heavy (non-hydrogen) atoms. The molecule has 6 heteroatoms. The number of rotatable bonds is 8. The molecule has 0 radical (unpaired) electrons. The van der Waals surface area contributed by atoms with Crippen molar-refractivity contribution in [1.29, 1.82) is 0 Å². The van der Waals surface area contributed by atoms with E-state index in [1.54, 1.807) is 7.11 Å². The lowest BCUT2D eigenvalue weighted by Gasteiger charge is -2.50. The highest BCUT2D eigenvalue weighted by molar-refractivity contribution is 5.71. The highest BCUT2D eigenvalue weighted by Crippen LogP contribution is 2.52. The van der Waals surface area contributed by atoms with Crippen LogP contribution in [0.5, 0.6) is 17.2 Å². The molecule has 0 spiro atoms. The third-order valence-corrected chi connectivity index (χ3v) is 6.90. The molecule has 0 saturated carbocycles. The Morgan fingerprint density at radius 3 is 2.55 bits per heavy atom. The summed E-state index contributed by atoms with van der Waals surface area (Å²) in [5.74, 6) is 0.616. The van der Waals surface area contributed by atoms with Crippen LogP contribution in [0, 0.1) is 11.8 Å². The largest absolute Gasteiger partial charge is 0.497 e. The lowest BCUT2D eigenvalue weighted by atomic mass is 9.71. The van der Waals surface area contributed by atoms with Gasteiger partial charge in [-0.3, -0.25) is 4.79 Å². The van der Waals surface area contributed by atoms with Gasteiger partial charge in [0.05, 0.1) is 19.1 Å². The van der Waals surface area contributed by atoms with Crippen molar-refractivity contribution in [3.63, 3.8) is 0 Å². The number of hydrogen-bond acceptors (Lipinski definition) is 5. The fraction of sp³-hybridized carbons (Fsp3) is 0.519. The maximum atomic E-state index is 12.2. The summed E-state index contributed by atoms with van der Waals surface area (Å²) >= 11 is 0. The predicted molar refractivity (Wildman–Crippen MR) is 125 cm³/mol. The molecule has 2 heterocycles. The first kappa shape index (κ1) is 23.4. The van der Waals surface area contributed by atoms with Crippen LogP contribution in [-0.2, 0) is 16.0 Å². The van der Waals surface area contributed by atoms with E-state index in [2.05, 4.69) is 19.1 Å². The Hall–Kier alpha value is -2.73. The summed E-state index contributed by atoms with van der Waals surface area (Å²) in [6.07, 6.45) is 2.94. The van der Waals surface area contributed by atoms with Crippen LogP contribution < -0.4 is 14.2 Å². The number of carboxylic acid groups (broad SMARTS) is 1. The van der Waals surface area contributed by atoms with Gasteiger partial charge < -0.3 is 24.1 Å². The quantitative estimate of drug-likeness (QED) is 0.573. The van der Waals surface area contributed by atoms with Crippen molar-refractivity contribution in [2.45, 2.75) is 64.3 Å². The number of aryl methyl sites for hydroxylation is 1. The SMILES string of the molecule is CCCCc1ccc2c(c1)[C@H]1O[C@@H](COc3ccc(OC)cc3)[C@@H](C(=O)O)C[C@@H]1C(C)(C)O2. The Morgan fingerprint density at radius 1 is 1.15 bits per heavy atom. The van der Waals surface area contributed by atoms with Crippen LogP contribution in [-0.4, -0.2) is 36.5 Å². The summed E-state index contributed by atoms with van der Waals surface area (Å²) in [5, 5.41) is 9.98. The van der Waals surface area contributed by atoms with Crippen molar-refractivity contribution >= 4 is 5.97 Å². The van der Waals surface area contributed by atoms with Gasteiger partial charge in [-0.1, -0.05) is 19.4 Å². The molecule has 2 aromatic carbocycles. The first-order valence-electron chi connectivity index (χ1n) is 11.8. The molecule has 0 aliphatic carbocycles. The predicted octanol–water partition coefficient (Wildman–Crippen LogP) is 5.43. The number of aliphatic carboxylic acids is 1. The molecule has 2 aliphatic rings. The van der Waals surface area contributed by atoms with Crippen LogP contribution in [0.3, 0.4) is 0 Å². The van der Waals surface area contributed by atoms with E-state index >= 15 is 0 Å². The summed E-state index contributed by atoms with van der Waals surface area (Å²) in [4.78, 5) is 12.2. The second kappa shape index (κ2) is 9.64. The summed E-state index contributed by atoms with van der Waals surface area (Å²) in [5.41, 5.74) is 1.75. The van der Waals surface area contributed by atoms with Gasteiger partial charge in [0.25, 0.3) is 0 Å². The molecule has 0 bridgehead atoms. The maximum absolute atomic E-state index is 12.2. The fourth-order valence-electron chi connectivity index (χ4n) is 4.94. The van der Waals surface area contributed by atoms with E-state index in [-0.39, 0.29) is 18.6 Å². The fourth-order valence-corrected chi connectivity index (χ4v) is 4.94. The van der Waals surface area contributed by atoms with Crippen LogP contribution in [0.4, 0.5) is 0 Å². The Morgan fingerprint density at radius 2 is 1.88 bits per heavy atom. The zero-order chi connectivity index (χ0) is 23.6. The lowest BCUT2D eigenvalue weighted by Crippen LogP contribution is -2.53. The molecule has 0 unspecified atom stereocenters. The number of hydrogen-bond donors (Lipinski definition) is 1. The van der Waals surface area contributed by atoms with E-state index in [4.69, 9.17) is 18.9 Å². The summed E-state index contributed by atoms with van der Waals surface area (Å²) in [6.45, 7) is 6.40. The van der Waals surface area contributed by atoms with E-state index in [1.807, 2.05) is 44.2 Å². The first-order chi connectivity index (χ1) is 15.8. The summed E-state index contributed by atoms with van der Waals surface area (Å²) < 4.78 is 24.0. The Labute approximate surface area is 195 Å². The van der Waals surface area contributed by atoms with Crippen molar-refractivity contribution in [1.82, 2.24) is 0 Å². The zero-order valence-electron chi connectivity index (χ0n) is 19.9. The van der Waals surface area contributed by atoms with E-state index in [9.17, 15) is 9.90 Å². The lowest BCUT2D eigenvalue weighted by molar-refractivity contribution is -0.192. The molecule has 4 rings (SSSR count). The molecule has 1 N–H and O–H groups in total. The summed E-state index contributed by atoms with van der Waals surface area (Å²) in [7, 11) is 1.61. The number of unbranched alkanes of at least 4 members (excludes halogenated alkanes) is 1. The second-order valence-corrected chi connectivity index (χ2v) is 9.55. The highest BCUT2D eigenvalue weighted by atomic mass is 16.6. The van der Waals surface area contributed by atoms with Gasteiger partial charge in [-0.25, -0.2) is 0 Å². The first-order valence-corrected chi connectivity index (χ1v) is 11.8. The van der Waals surface area contributed by atoms with Crippen molar-refractivity contribution in [2.24, 2.45) is 11.8 Å². The minimum atomic E-state index is -0.866. The minimum Gasteiger partial charge on any atom is -0.497 e. The Bertz CT molecular complexity index is 967. The molecule has 1 saturated heterocycles. The zero-order valence-corrected chi connectivity index (χ0v) is 19.9. The Kier molecular flexibility index (Phi) is 6.84. The molecule has 0 aromatic heterocycles. The standard InChI is InChI=1S/C27H34O6/c1-5-6-7-17-8-13-23-20(14-17)25-22(27(2,3)33-23)15-21(26(28)29)24(32-25)16-31-19-11-9-18(30-4)10-12-19/h8-14,21-22,24-25H,5-7,15-16H2,1-4H3,(H,28,29)/t21-,22-,24-,25+/m0/s1. The number of carbonyl (C=O) groups is 1. The highest BCUT2D eigenvalue weighted by Gasteiger charge is 2.52. The van der Waals surface area contributed by atoms with Gasteiger partial charge in [0.1, 0.15) is 35.6 Å². The molecule has 2 aliphatic heterocycles. The number of methoxy groups -OCH3 is 1. The van der Waals surface area contributed by atoms with Gasteiger partial charge in [-0.2, -0.15) is 0 Å². The van der Waals surface area contributed by atoms with Crippen molar-refractivity contribution in [3.05, 3.63) is 53.6 Å². The molecule has 6 nitrogen and oxygen atoms in total. The number of ether oxygens (including phenoxy) is 4. The van der Waals surface area contributed by atoms with Crippen LogP contribution >= 0.6 is 0 Å². The number of fused-ring (bicyclic) bond motifs is 3. The molecule has 4 atom stereocenters. The molecule has 178 valence electrons. The minimum absolute atomic E-state index is 0.0650. The molecular weight excluding hydrogens is 420 g/mol. The van der Waals surface area contributed by atoms with Crippen LogP contribution in [0.1, 0.15) is 57.3 Å². The summed E-state index contributed by atoms with van der Waals surface area (Å²) in [6, 6.07) is 13.6. The van der Waals surface area contributed by atoms with E-state index < -0.39 is 23.6 Å². The molecular formula is C27H34O6. The monoisotopic (exact) mass is 454 g/mol. The Balaban J connectivity index is 1.59.